The van der Waals surface area contributed by atoms with Crippen LogP contribution in [0.15, 0.2) is 65.4 Å². The number of hydrogen-bond donors (Lipinski definition) is 4. The monoisotopic (exact) mass is 483 g/mol. The first-order chi connectivity index (χ1) is 16.3. The number of nitrogens with one attached hydrogen (secondary N) is 1. The molecule has 0 unspecified atom stereocenters. The molecule has 0 bridgehead atoms. The van der Waals surface area contributed by atoms with Crippen molar-refractivity contribution in [3.05, 3.63) is 83.6 Å². The van der Waals surface area contributed by atoms with Gasteiger partial charge in [-0.25, -0.2) is 23.6 Å². The maximum absolute atomic E-state index is 11.0. The van der Waals surface area contributed by atoms with Gasteiger partial charge in [-0.2, -0.15) is 0 Å². The Labute approximate surface area is 195 Å². The molecule has 34 heavy (non-hydrogen) atoms. The quantitative estimate of drug-likeness (QED) is 0.206. The largest absolute Gasteiger partial charge is 0.472 e. The van der Waals surface area contributed by atoms with Gasteiger partial charge in [-0.1, -0.05) is 29.4 Å². The van der Waals surface area contributed by atoms with E-state index in [1.54, 1.807) is 30.6 Å². The minimum Gasteiger partial charge on any atom is -0.366 e. The van der Waals surface area contributed by atoms with Gasteiger partial charge in [0, 0.05) is 25.2 Å². The Bertz CT molecular complexity index is 1320. The Morgan fingerprint density at radius 3 is 2.68 bits per heavy atom. The zero-order valence-corrected chi connectivity index (χ0v) is 19.2. The molecule has 4 aromatic rings. The van der Waals surface area contributed by atoms with Crippen molar-refractivity contribution in [1.82, 2.24) is 15.1 Å². The van der Waals surface area contributed by atoms with E-state index < -0.39 is 14.6 Å². The number of aromatic nitrogens is 4. The third kappa shape index (κ3) is 6.24. The first-order valence-corrected chi connectivity index (χ1v) is 11.9. The van der Waals surface area contributed by atoms with Crippen molar-refractivity contribution in [1.29, 1.82) is 0 Å². The number of nitrogens with zero attached hydrogens (tertiary/aromatic N) is 4. The Hall–Kier alpha value is -3.63. The van der Waals surface area contributed by atoms with Gasteiger partial charge >= 0.3 is 7.82 Å². The highest BCUT2D eigenvalue weighted by atomic mass is 31.2. The molecule has 1 aromatic carbocycles. The molecule has 0 amide bonds. The Morgan fingerprint density at radius 1 is 1.18 bits per heavy atom. The minimum atomic E-state index is -4.62. The number of nitrogen functional groups attached to an aromatic ring is 1. The second kappa shape index (κ2) is 10.1. The van der Waals surface area contributed by atoms with Gasteiger partial charge in [-0.15, -0.1) is 0 Å². The third-order valence-electron chi connectivity index (χ3n) is 4.96. The molecule has 0 aliphatic heterocycles. The zero-order chi connectivity index (χ0) is 24.1. The molecule has 12 heteroatoms. The smallest absolute Gasteiger partial charge is 0.366 e. The molecule has 0 atom stereocenters. The van der Waals surface area contributed by atoms with Gasteiger partial charge < -0.3 is 19.6 Å². The van der Waals surface area contributed by atoms with Crippen LogP contribution >= 0.6 is 7.82 Å². The summed E-state index contributed by atoms with van der Waals surface area (Å²) in [5.41, 5.74) is 9.56. The van der Waals surface area contributed by atoms with Crippen LogP contribution < -0.4 is 15.6 Å². The lowest BCUT2D eigenvalue weighted by Crippen LogP contribution is -2.38. The van der Waals surface area contributed by atoms with Crippen molar-refractivity contribution < 1.29 is 28.0 Å². The summed E-state index contributed by atoms with van der Waals surface area (Å²) in [6.45, 7) is 2.09. The number of rotatable bonds is 9. The summed E-state index contributed by atoms with van der Waals surface area (Å²) in [5, 5.41) is 7.40. The van der Waals surface area contributed by atoms with Crippen LogP contribution in [0.2, 0.25) is 0 Å². The SMILES string of the molecule is Cc1nccc(NCc2ccc(Cc3cc(-c4ccc[n+](COP(=O)(O)O)c4N)on3)cc2)n1. The summed E-state index contributed by atoms with van der Waals surface area (Å²) in [6, 6.07) is 15.2. The summed E-state index contributed by atoms with van der Waals surface area (Å²) >= 11 is 0. The van der Waals surface area contributed by atoms with E-state index in [9.17, 15) is 4.57 Å². The molecule has 3 aromatic heterocycles. The van der Waals surface area contributed by atoms with Gasteiger partial charge in [0.25, 0.3) is 5.82 Å². The van der Waals surface area contributed by atoms with E-state index in [1.165, 1.54) is 4.57 Å². The predicted octanol–water partition coefficient (Wildman–Crippen LogP) is 2.58. The number of phosphoric acid groups is 1. The van der Waals surface area contributed by atoms with E-state index in [2.05, 4.69) is 25.0 Å². The molecule has 0 saturated heterocycles. The lowest BCUT2D eigenvalue weighted by molar-refractivity contribution is -0.711. The topological polar surface area (TPSA) is 160 Å². The van der Waals surface area contributed by atoms with Crippen LogP contribution in [0.3, 0.4) is 0 Å². The van der Waals surface area contributed by atoms with Gasteiger partial charge in [0.2, 0.25) is 6.73 Å². The molecule has 0 spiro atoms. The van der Waals surface area contributed by atoms with Crippen LogP contribution in [-0.2, 0) is 28.8 Å². The van der Waals surface area contributed by atoms with Gasteiger partial charge in [0.05, 0.1) is 11.9 Å². The van der Waals surface area contributed by atoms with Crippen molar-refractivity contribution in [3.8, 4) is 11.3 Å². The van der Waals surface area contributed by atoms with Gasteiger partial charge in [0.15, 0.2) is 5.76 Å². The lowest BCUT2D eigenvalue weighted by Gasteiger charge is -2.07. The van der Waals surface area contributed by atoms with E-state index >= 15 is 0 Å². The Morgan fingerprint density at radius 2 is 1.94 bits per heavy atom. The number of phosphoric ester groups is 1. The van der Waals surface area contributed by atoms with E-state index in [0.717, 1.165) is 22.6 Å². The van der Waals surface area contributed by atoms with Crippen LogP contribution in [0, 0.1) is 6.92 Å². The standard InChI is InChI=1S/C22H23N6O5P/c1-15-24-9-8-21(26-15)25-13-17-6-4-16(5-7-17)11-18-12-20(33-27-18)19-3-2-10-28(22(19)23)14-32-34(29,30)31/h2-10,12,23H,11,13-14H2,1H3,(H3,24,25,26,29,30,31)/p+1. The number of aryl methyl sites for hydroxylation is 1. The molecule has 176 valence electrons. The third-order valence-corrected chi connectivity index (χ3v) is 5.41. The van der Waals surface area contributed by atoms with Crippen molar-refractivity contribution in [2.24, 2.45) is 0 Å². The van der Waals surface area contributed by atoms with Crippen molar-refractivity contribution >= 4 is 19.5 Å². The molecule has 5 N–H and O–H groups in total. The summed E-state index contributed by atoms with van der Waals surface area (Å²) < 4.78 is 22.3. The summed E-state index contributed by atoms with van der Waals surface area (Å²) in [4.78, 5) is 26.2. The molecular formula is C22H24N6O5P+. The normalized spacial score (nSPS) is 11.5. The van der Waals surface area contributed by atoms with E-state index in [-0.39, 0.29) is 5.82 Å². The molecule has 4 rings (SSSR count). The highest BCUT2D eigenvalue weighted by Gasteiger charge is 2.20. The molecule has 3 heterocycles. The summed E-state index contributed by atoms with van der Waals surface area (Å²) in [6.07, 6.45) is 3.84. The van der Waals surface area contributed by atoms with Crippen molar-refractivity contribution in [2.75, 3.05) is 11.1 Å². The summed E-state index contributed by atoms with van der Waals surface area (Å²) in [7, 11) is -4.62. The van der Waals surface area contributed by atoms with Crippen molar-refractivity contribution in [2.45, 2.75) is 26.6 Å². The first-order valence-electron chi connectivity index (χ1n) is 10.3. The van der Waals surface area contributed by atoms with Crippen LogP contribution in [0.25, 0.3) is 11.3 Å². The van der Waals surface area contributed by atoms with Crippen LogP contribution in [0.1, 0.15) is 22.6 Å². The molecule has 0 aliphatic rings. The van der Waals surface area contributed by atoms with E-state index in [4.69, 9.17) is 20.0 Å². The van der Waals surface area contributed by atoms with E-state index in [0.29, 0.717) is 30.1 Å². The Balaban J connectivity index is 1.40. The van der Waals surface area contributed by atoms with Crippen LogP contribution in [-0.4, -0.2) is 24.9 Å². The Kier molecular flexibility index (Phi) is 6.99. The number of pyridine rings is 1. The second-order valence-corrected chi connectivity index (χ2v) is 8.78. The van der Waals surface area contributed by atoms with Crippen LogP contribution in [0.5, 0.6) is 0 Å². The average molecular weight is 483 g/mol. The number of anilines is 2. The minimum absolute atomic E-state index is 0.231. The van der Waals surface area contributed by atoms with Crippen molar-refractivity contribution in [3.63, 3.8) is 0 Å². The van der Waals surface area contributed by atoms with Gasteiger partial charge in [-0.3, -0.25) is 5.73 Å². The zero-order valence-electron chi connectivity index (χ0n) is 18.3. The molecule has 0 saturated carbocycles. The molecule has 0 radical (unpaired) electrons. The maximum atomic E-state index is 11.0. The summed E-state index contributed by atoms with van der Waals surface area (Å²) in [5.74, 6) is 2.17. The molecule has 0 fully saturated rings. The number of hydrogen-bond acceptors (Lipinski definition) is 8. The first kappa shape index (κ1) is 23.5. The average Bonchev–Trinajstić information content (AvgIpc) is 3.25. The molecular weight excluding hydrogens is 459 g/mol. The van der Waals surface area contributed by atoms with Gasteiger partial charge in [-0.05, 0) is 36.2 Å². The fourth-order valence-corrected chi connectivity index (χ4v) is 3.55. The highest BCUT2D eigenvalue weighted by molar-refractivity contribution is 7.46. The fourth-order valence-electron chi connectivity index (χ4n) is 3.28. The van der Waals surface area contributed by atoms with Gasteiger partial charge in [0.1, 0.15) is 17.2 Å². The lowest BCUT2D eigenvalue weighted by atomic mass is 10.1. The number of benzene rings is 1. The van der Waals surface area contributed by atoms with Crippen LogP contribution in [0.4, 0.5) is 11.6 Å². The fraction of sp³-hybridized carbons (Fsp3) is 0.182. The second-order valence-electron chi connectivity index (χ2n) is 7.54. The highest BCUT2D eigenvalue weighted by Crippen LogP contribution is 2.35. The molecule has 0 aliphatic carbocycles. The number of nitrogens with two attached hydrogens (primary N) is 1. The molecule has 11 nitrogen and oxygen atoms in total. The maximum Gasteiger partial charge on any atom is 0.472 e. The predicted molar refractivity (Wildman–Crippen MR) is 123 cm³/mol. The van der Waals surface area contributed by atoms with E-state index in [1.807, 2.05) is 37.3 Å².